The maximum absolute atomic E-state index is 13.2. The van der Waals surface area contributed by atoms with Crippen molar-refractivity contribution in [2.75, 3.05) is 0 Å². The van der Waals surface area contributed by atoms with E-state index in [-0.39, 0.29) is 10.8 Å². The molecule has 0 saturated carbocycles. The summed E-state index contributed by atoms with van der Waals surface area (Å²) in [7, 11) is -3.73. The van der Waals surface area contributed by atoms with E-state index in [9.17, 15) is 13.2 Å². The number of ether oxygens (including phenoxy) is 1. The van der Waals surface area contributed by atoms with E-state index in [0.717, 1.165) is 18.4 Å². The molecule has 0 aliphatic heterocycles. The van der Waals surface area contributed by atoms with Crippen LogP contribution in [-0.2, 0) is 14.6 Å². The summed E-state index contributed by atoms with van der Waals surface area (Å²) in [5.74, 6) is 0.121. The van der Waals surface area contributed by atoms with Crippen LogP contribution in [0.2, 0.25) is 0 Å². The highest BCUT2D eigenvalue weighted by atomic mass is 32.2. The Balaban J connectivity index is 3.04. The highest BCUT2D eigenvalue weighted by Gasteiger charge is 2.32. The smallest absolute Gasteiger partial charge is 0.408 e. The first-order valence-corrected chi connectivity index (χ1v) is 11.3. The first kappa shape index (κ1) is 24.2. The van der Waals surface area contributed by atoms with Crippen LogP contribution < -0.4 is 5.32 Å². The van der Waals surface area contributed by atoms with Gasteiger partial charge in [-0.15, -0.1) is 0 Å². The predicted molar refractivity (Wildman–Crippen MR) is 114 cm³/mol. The SMILES string of the molecule is CC(C)=CCC[C@@H](C)CC(NC(=O)OC(C)(C)C)S(=O)(=O)c1ccc(C)cc1. The number of hydrogen-bond donors (Lipinski definition) is 1. The van der Waals surface area contributed by atoms with Crippen LogP contribution in [0, 0.1) is 12.8 Å². The molecule has 0 aliphatic rings. The van der Waals surface area contributed by atoms with Crippen LogP contribution >= 0.6 is 0 Å². The Morgan fingerprint density at radius 2 is 1.75 bits per heavy atom. The number of benzene rings is 1. The summed E-state index contributed by atoms with van der Waals surface area (Å²) < 4.78 is 31.6. The van der Waals surface area contributed by atoms with E-state index < -0.39 is 26.9 Å². The second-order valence-electron chi connectivity index (χ2n) is 8.69. The average molecular weight is 410 g/mol. The molecule has 1 unspecified atom stereocenters. The minimum atomic E-state index is -3.73. The number of nitrogens with one attached hydrogen (secondary N) is 1. The van der Waals surface area contributed by atoms with Gasteiger partial charge in [0.25, 0.3) is 0 Å². The second kappa shape index (κ2) is 10.1. The fourth-order valence-corrected chi connectivity index (χ4v) is 4.41. The van der Waals surface area contributed by atoms with Gasteiger partial charge in [0.05, 0.1) is 4.90 Å². The molecule has 5 nitrogen and oxygen atoms in total. The van der Waals surface area contributed by atoms with Crippen LogP contribution in [0.5, 0.6) is 0 Å². The van der Waals surface area contributed by atoms with Gasteiger partial charge in [-0.1, -0.05) is 36.3 Å². The van der Waals surface area contributed by atoms with Gasteiger partial charge in [-0.3, -0.25) is 0 Å². The Labute approximate surface area is 170 Å². The molecule has 0 aliphatic carbocycles. The number of sulfone groups is 1. The van der Waals surface area contributed by atoms with Gasteiger partial charge in [0.15, 0.2) is 9.84 Å². The maximum Gasteiger partial charge on any atom is 0.408 e. The summed E-state index contributed by atoms with van der Waals surface area (Å²) >= 11 is 0. The van der Waals surface area contributed by atoms with Crippen molar-refractivity contribution in [1.82, 2.24) is 5.32 Å². The summed E-state index contributed by atoms with van der Waals surface area (Å²) in [5.41, 5.74) is 1.52. The Hall–Kier alpha value is -1.82. The van der Waals surface area contributed by atoms with Crippen molar-refractivity contribution < 1.29 is 17.9 Å². The zero-order valence-corrected chi connectivity index (χ0v) is 19.0. The van der Waals surface area contributed by atoms with Crippen LogP contribution in [0.1, 0.15) is 66.4 Å². The quantitative estimate of drug-likeness (QED) is 0.584. The van der Waals surface area contributed by atoms with Crippen LogP contribution in [0.3, 0.4) is 0 Å². The molecule has 0 heterocycles. The molecule has 28 heavy (non-hydrogen) atoms. The number of rotatable bonds is 8. The van der Waals surface area contributed by atoms with E-state index in [1.165, 1.54) is 5.57 Å². The zero-order chi connectivity index (χ0) is 21.5. The van der Waals surface area contributed by atoms with Crippen molar-refractivity contribution in [2.45, 2.75) is 83.6 Å². The number of aryl methyl sites for hydroxylation is 1. The summed E-state index contributed by atoms with van der Waals surface area (Å²) in [6.45, 7) is 13.2. The van der Waals surface area contributed by atoms with Crippen LogP contribution in [-0.4, -0.2) is 25.5 Å². The molecule has 0 aromatic heterocycles. The van der Waals surface area contributed by atoms with Crippen molar-refractivity contribution in [3.05, 3.63) is 41.5 Å². The van der Waals surface area contributed by atoms with Crippen LogP contribution in [0.15, 0.2) is 40.8 Å². The lowest BCUT2D eigenvalue weighted by Gasteiger charge is -2.25. The highest BCUT2D eigenvalue weighted by molar-refractivity contribution is 7.92. The van der Waals surface area contributed by atoms with Crippen molar-refractivity contribution in [3.8, 4) is 0 Å². The molecule has 0 bridgehead atoms. The Morgan fingerprint density at radius 1 is 1.18 bits per heavy atom. The second-order valence-corrected chi connectivity index (χ2v) is 10.8. The molecule has 6 heteroatoms. The number of carbonyl (C=O) groups excluding carboxylic acids is 1. The van der Waals surface area contributed by atoms with Crippen molar-refractivity contribution in [3.63, 3.8) is 0 Å². The number of alkyl carbamates (subject to hydrolysis) is 1. The lowest BCUT2D eigenvalue weighted by atomic mass is 10.0. The third kappa shape index (κ3) is 8.46. The molecule has 158 valence electrons. The third-order valence-electron chi connectivity index (χ3n) is 4.23. The van der Waals surface area contributed by atoms with Gasteiger partial charge < -0.3 is 10.1 Å². The van der Waals surface area contributed by atoms with Crippen molar-refractivity contribution >= 4 is 15.9 Å². The van der Waals surface area contributed by atoms with E-state index in [1.54, 1.807) is 45.0 Å². The molecule has 1 aromatic carbocycles. The number of amides is 1. The molecule has 1 amide bonds. The number of hydrogen-bond acceptors (Lipinski definition) is 4. The van der Waals surface area contributed by atoms with Crippen molar-refractivity contribution in [2.24, 2.45) is 5.92 Å². The predicted octanol–water partition coefficient (Wildman–Crippen LogP) is 5.39. The molecule has 1 aromatic rings. The van der Waals surface area contributed by atoms with Crippen LogP contribution in [0.25, 0.3) is 0 Å². The Bertz CT molecular complexity index is 770. The van der Waals surface area contributed by atoms with Crippen LogP contribution in [0.4, 0.5) is 4.79 Å². The fraction of sp³-hybridized carbons (Fsp3) is 0.591. The molecule has 0 radical (unpaired) electrons. The molecule has 2 atom stereocenters. The molecular weight excluding hydrogens is 374 g/mol. The molecule has 0 spiro atoms. The van der Waals surface area contributed by atoms with E-state index in [4.69, 9.17) is 4.74 Å². The molecular formula is C22H35NO4S. The number of carbonyl (C=O) groups is 1. The Kier molecular flexibility index (Phi) is 8.74. The maximum atomic E-state index is 13.2. The first-order valence-electron chi connectivity index (χ1n) is 9.74. The highest BCUT2D eigenvalue weighted by Crippen LogP contribution is 2.23. The van der Waals surface area contributed by atoms with Gasteiger partial charge in [-0.05, 0) is 78.9 Å². The van der Waals surface area contributed by atoms with E-state index in [1.807, 2.05) is 27.7 Å². The minimum absolute atomic E-state index is 0.121. The summed E-state index contributed by atoms with van der Waals surface area (Å²) in [6, 6.07) is 6.69. The standard InChI is InChI=1S/C22H35NO4S/c1-16(2)9-8-10-18(4)15-20(23-21(24)27-22(5,6)7)28(25,26)19-13-11-17(3)12-14-19/h9,11-14,18,20H,8,10,15H2,1-7H3,(H,23,24)/t18-,20?/m1/s1. The molecule has 1 N–H and O–H groups in total. The van der Waals surface area contributed by atoms with Gasteiger partial charge in [0.2, 0.25) is 0 Å². The topological polar surface area (TPSA) is 72.5 Å². The summed E-state index contributed by atoms with van der Waals surface area (Å²) in [5, 5.41) is 1.56. The normalized spacial score (nSPS) is 14.1. The average Bonchev–Trinajstić information content (AvgIpc) is 2.52. The largest absolute Gasteiger partial charge is 0.444 e. The van der Waals surface area contributed by atoms with Gasteiger partial charge in [0, 0.05) is 0 Å². The molecule has 0 saturated heterocycles. The van der Waals surface area contributed by atoms with E-state index in [0.29, 0.717) is 6.42 Å². The van der Waals surface area contributed by atoms with Gasteiger partial charge in [-0.25, -0.2) is 13.2 Å². The monoisotopic (exact) mass is 409 g/mol. The molecule has 0 fully saturated rings. The lowest BCUT2D eigenvalue weighted by Crippen LogP contribution is -2.44. The number of allylic oxidation sites excluding steroid dienone is 2. The van der Waals surface area contributed by atoms with Gasteiger partial charge in [-0.2, -0.15) is 0 Å². The zero-order valence-electron chi connectivity index (χ0n) is 18.2. The van der Waals surface area contributed by atoms with Crippen molar-refractivity contribution in [1.29, 1.82) is 0 Å². The van der Waals surface area contributed by atoms with Gasteiger partial charge in [0.1, 0.15) is 11.0 Å². The van der Waals surface area contributed by atoms with E-state index in [2.05, 4.69) is 11.4 Å². The lowest BCUT2D eigenvalue weighted by molar-refractivity contribution is 0.0515. The third-order valence-corrected chi connectivity index (χ3v) is 6.22. The summed E-state index contributed by atoms with van der Waals surface area (Å²) in [6.07, 6.45) is 3.48. The fourth-order valence-electron chi connectivity index (χ4n) is 2.73. The van der Waals surface area contributed by atoms with Gasteiger partial charge >= 0.3 is 6.09 Å². The first-order chi connectivity index (χ1) is 12.8. The minimum Gasteiger partial charge on any atom is -0.444 e. The van der Waals surface area contributed by atoms with E-state index >= 15 is 0 Å². The molecule has 1 rings (SSSR count). The summed E-state index contributed by atoms with van der Waals surface area (Å²) in [4.78, 5) is 12.5. The Morgan fingerprint density at radius 3 is 2.25 bits per heavy atom.